The molecule has 0 fully saturated rings. The molecule has 2 rings (SSSR count). The lowest BCUT2D eigenvalue weighted by molar-refractivity contribution is -0.119. The Balaban J connectivity index is 2.00. The molecule has 0 unspecified atom stereocenters. The number of carbonyl (C=O) groups excluding carboxylic acids is 1. The van der Waals surface area contributed by atoms with Gasteiger partial charge in [-0.2, -0.15) is 4.99 Å². The van der Waals surface area contributed by atoms with Gasteiger partial charge in [0.1, 0.15) is 5.69 Å². The zero-order valence-corrected chi connectivity index (χ0v) is 15.4. The summed E-state index contributed by atoms with van der Waals surface area (Å²) in [5, 5.41) is 8.31. The van der Waals surface area contributed by atoms with Crippen molar-refractivity contribution in [3.63, 3.8) is 0 Å². The molecule has 134 valence electrons. The van der Waals surface area contributed by atoms with Gasteiger partial charge >= 0.3 is 0 Å². The molecule has 4 N–H and O–H groups in total. The molecule has 0 aliphatic rings. The monoisotopic (exact) mass is 360 g/mol. The zero-order valence-electron chi connectivity index (χ0n) is 14.6. The number of unbranched alkanes of at least 4 members (excludes halogenated alkanes) is 2. The number of aromatic nitrogens is 2. The van der Waals surface area contributed by atoms with E-state index in [2.05, 4.69) is 32.5 Å². The molecule has 8 heteroatoms. The molecule has 0 atom stereocenters. The van der Waals surface area contributed by atoms with Gasteiger partial charge in [-0.15, -0.1) is 11.3 Å². The van der Waals surface area contributed by atoms with Gasteiger partial charge in [-0.3, -0.25) is 4.79 Å². The average Bonchev–Trinajstić information content (AvgIpc) is 3.05. The van der Waals surface area contributed by atoms with E-state index >= 15 is 0 Å². The summed E-state index contributed by atoms with van der Waals surface area (Å²) in [4.78, 5) is 24.3. The molecule has 2 heterocycles. The topological polar surface area (TPSA) is 105 Å². The van der Waals surface area contributed by atoms with E-state index in [9.17, 15) is 4.79 Å². The first-order valence-electron chi connectivity index (χ1n) is 8.32. The Labute approximate surface area is 151 Å². The average molecular weight is 360 g/mol. The van der Waals surface area contributed by atoms with Crippen molar-refractivity contribution in [1.82, 2.24) is 20.6 Å². The minimum absolute atomic E-state index is 0.0839. The number of nitrogens with zero attached hydrogens (tertiary/aromatic N) is 3. The molecule has 7 nitrogen and oxygen atoms in total. The Hall–Kier alpha value is -2.48. The van der Waals surface area contributed by atoms with Gasteiger partial charge in [0.05, 0.1) is 17.9 Å². The quantitative estimate of drug-likeness (QED) is 0.381. The van der Waals surface area contributed by atoms with E-state index in [0.29, 0.717) is 17.6 Å². The number of hydrogen-bond acceptors (Lipinski definition) is 5. The lowest BCUT2D eigenvalue weighted by Crippen LogP contribution is -2.31. The van der Waals surface area contributed by atoms with Crippen molar-refractivity contribution in [2.24, 2.45) is 10.7 Å². The predicted octanol–water partition coefficient (Wildman–Crippen LogP) is 2.57. The number of amides is 1. The van der Waals surface area contributed by atoms with Gasteiger partial charge in [0.25, 0.3) is 0 Å². The highest BCUT2D eigenvalue weighted by Crippen LogP contribution is 2.25. The molecule has 1 amide bonds. The van der Waals surface area contributed by atoms with Gasteiger partial charge in [-0.25, -0.2) is 9.97 Å². The molecular weight excluding hydrogens is 336 g/mol. The van der Waals surface area contributed by atoms with E-state index in [-0.39, 0.29) is 5.91 Å². The molecule has 2 aromatic heterocycles. The van der Waals surface area contributed by atoms with Crippen LogP contribution in [-0.2, 0) is 11.3 Å². The molecule has 0 spiro atoms. The van der Waals surface area contributed by atoms with Crippen LogP contribution in [0.4, 0.5) is 5.13 Å². The highest BCUT2D eigenvalue weighted by Gasteiger charge is 2.07. The number of carbonyl (C=O) groups is 1. The fraction of sp³-hybridized carbons (Fsp3) is 0.412. The summed E-state index contributed by atoms with van der Waals surface area (Å²) in [7, 11) is 0. The maximum Gasteiger partial charge on any atom is 0.217 e. The van der Waals surface area contributed by atoms with Crippen LogP contribution in [0, 0.1) is 0 Å². The van der Waals surface area contributed by atoms with Crippen molar-refractivity contribution in [2.45, 2.75) is 39.7 Å². The van der Waals surface area contributed by atoms with Gasteiger partial charge in [-0.1, -0.05) is 25.8 Å². The SMILES string of the molecule is CCCCCN/C(N)=N/c1nc(-c2cccc(CNC(C)=O)n2)cs1. The van der Waals surface area contributed by atoms with Gasteiger partial charge in [0.2, 0.25) is 11.0 Å². The van der Waals surface area contributed by atoms with Crippen LogP contribution in [0.5, 0.6) is 0 Å². The summed E-state index contributed by atoms with van der Waals surface area (Å²) in [5.74, 6) is 0.295. The van der Waals surface area contributed by atoms with E-state index in [1.54, 1.807) is 0 Å². The van der Waals surface area contributed by atoms with Crippen molar-refractivity contribution in [3.8, 4) is 11.4 Å². The maximum atomic E-state index is 11.0. The summed E-state index contributed by atoms with van der Waals surface area (Å²) < 4.78 is 0. The lowest BCUT2D eigenvalue weighted by atomic mass is 10.2. The second-order valence-electron chi connectivity index (χ2n) is 5.57. The molecule has 0 aliphatic carbocycles. The third-order valence-electron chi connectivity index (χ3n) is 3.38. The Kier molecular flexibility index (Phi) is 7.34. The highest BCUT2D eigenvalue weighted by atomic mass is 32.1. The van der Waals surface area contributed by atoms with E-state index in [1.807, 2.05) is 23.6 Å². The van der Waals surface area contributed by atoms with Crippen LogP contribution in [0.25, 0.3) is 11.4 Å². The number of hydrogen-bond donors (Lipinski definition) is 3. The molecule has 0 saturated carbocycles. The molecule has 0 aromatic carbocycles. The summed E-state index contributed by atoms with van der Waals surface area (Å²) >= 11 is 1.41. The van der Waals surface area contributed by atoms with E-state index < -0.39 is 0 Å². The molecule has 25 heavy (non-hydrogen) atoms. The standard InChI is InChI=1S/C17H24N6OS/c1-3-4-5-9-19-16(18)23-17-22-15(11-25-17)14-8-6-7-13(21-14)10-20-12(2)24/h6-8,11H,3-5,9-10H2,1-2H3,(H,20,24)(H3,18,19,22,23). The van der Waals surface area contributed by atoms with Crippen LogP contribution in [0.2, 0.25) is 0 Å². The van der Waals surface area contributed by atoms with Gasteiger partial charge in [0.15, 0.2) is 5.96 Å². The third kappa shape index (κ3) is 6.50. The van der Waals surface area contributed by atoms with Gasteiger partial charge < -0.3 is 16.4 Å². The van der Waals surface area contributed by atoms with Crippen LogP contribution in [0.15, 0.2) is 28.6 Å². The number of guanidine groups is 1. The normalized spacial score (nSPS) is 11.4. The first-order valence-corrected chi connectivity index (χ1v) is 9.20. The van der Waals surface area contributed by atoms with Crippen LogP contribution < -0.4 is 16.4 Å². The van der Waals surface area contributed by atoms with Crippen molar-refractivity contribution in [2.75, 3.05) is 6.54 Å². The minimum Gasteiger partial charge on any atom is -0.370 e. The molecule has 0 bridgehead atoms. The van der Waals surface area contributed by atoms with Crippen molar-refractivity contribution < 1.29 is 4.79 Å². The number of nitrogens with two attached hydrogens (primary N) is 1. The fourth-order valence-electron chi connectivity index (χ4n) is 2.10. The fourth-order valence-corrected chi connectivity index (χ4v) is 2.80. The Morgan fingerprint density at radius 2 is 2.08 bits per heavy atom. The zero-order chi connectivity index (χ0) is 18.1. The number of nitrogens with one attached hydrogen (secondary N) is 2. The third-order valence-corrected chi connectivity index (χ3v) is 4.12. The minimum atomic E-state index is -0.0839. The van der Waals surface area contributed by atoms with Crippen LogP contribution in [-0.4, -0.2) is 28.4 Å². The van der Waals surface area contributed by atoms with E-state index in [1.165, 1.54) is 31.1 Å². The molecule has 0 radical (unpaired) electrons. The summed E-state index contributed by atoms with van der Waals surface area (Å²) in [6.45, 7) is 4.85. The van der Waals surface area contributed by atoms with Crippen molar-refractivity contribution in [3.05, 3.63) is 29.3 Å². The Morgan fingerprint density at radius 3 is 2.84 bits per heavy atom. The first-order chi connectivity index (χ1) is 12.1. The van der Waals surface area contributed by atoms with Gasteiger partial charge in [-0.05, 0) is 18.6 Å². The highest BCUT2D eigenvalue weighted by molar-refractivity contribution is 7.13. The van der Waals surface area contributed by atoms with Crippen molar-refractivity contribution >= 4 is 28.3 Å². The number of thiazole rings is 1. The lowest BCUT2D eigenvalue weighted by Gasteiger charge is -2.04. The van der Waals surface area contributed by atoms with Crippen molar-refractivity contribution in [1.29, 1.82) is 0 Å². The molecule has 0 saturated heterocycles. The molecule has 0 aliphatic heterocycles. The first kappa shape index (κ1) is 18.9. The predicted molar refractivity (Wildman–Crippen MR) is 102 cm³/mol. The van der Waals surface area contributed by atoms with Gasteiger partial charge in [0, 0.05) is 18.8 Å². The van der Waals surface area contributed by atoms with E-state index in [4.69, 9.17) is 5.73 Å². The smallest absolute Gasteiger partial charge is 0.217 e. The van der Waals surface area contributed by atoms with E-state index in [0.717, 1.165) is 30.0 Å². The van der Waals surface area contributed by atoms with Crippen LogP contribution >= 0.6 is 11.3 Å². The number of pyridine rings is 1. The number of rotatable bonds is 8. The Bertz CT molecular complexity index is 727. The maximum absolute atomic E-state index is 11.0. The second kappa shape index (κ2) is 9.73. The summed E-state index contributed by atoms with van der Waals surface area (Å²) in [5.41, 5.74) is 8.15. The van der Waals surface area contributed by atoms with Crippen LogP contribution in [0.3, 0.4) is 0 Å². The number of aliphatic imine (C=N–C) groups is 1. The summed E-state index contributed by atoms with van der Waals surface area (Å²) in [6, 6.07) is 5.64. The second-order valence-corrected chi connectivity index (χ2v) is 6.41. The Morgan fingerprint density at radius 1 is 1.24 bits per heavy atom. The molecule has 2 aromatic rings. The van der Waals surface area contributed by atoms with Crippen LogP contribution in [0.1, 0.15) is 38.8 Å². The molecular formula is C17H24N6OS. The largest absolute Gasteiger partial charge is 0.370 e. The summed E-state index contributed by atoms with van der Waals surface area (Å²) in [6.07, 6.45) is 3.41.